The summed E-state index contributed by atoms with van der Waals surface area (Å²) in [5, 5.41) is 0. The molecule has 0 spiro atoms. The highest BCUT2D eigenvalue weighted by Crippen LogP contribution is 2.27. The summed E-state index contributed by atoms with van der Waals surface area (Å²) < 4.78 is 26.0. The van der Waals surface area contributed by atoms with Crippen molar-refractivity contribution in [1.29, 1.82) is 0 Å². The Bertz CT molecular complexity index is 449. The van der Waals surface area contributed by atoms with E-state index in [4.69, 9.17) is 5.73 Å². The molecule has 0 bridgehead atoms. The number of sulfonamides is 1. The van der Waals surface area contributed by atoms with E-state index in [-0.39, 0.29) is 5.75 Å². The van der Waals surface area contributed by atoms with Crippen LogP contribution in [0, 0.1) is 5.92 Å². The lowest BCUT2D eigenvalue weighted by Gasteiger charge is -2.06. The van der Waals surface area contributed by atoms with Gasteiger partial charge in [0, 0.05) is 12.2 Å². The van der Waals surface area contributed by atoms with Crippen molar-refractivity contribution in [2.75, 3.05) is 12.3 Å². The molecule has 1 aromatic rings. The Morgan fingerprint density at radius 3 is 2.44 bits per heavy atom. The van der Waals surface area contributed by atoms with Gasteiger partial charge in [-0.2, -0.15) is 0 Å². The summed E-state index contributed by atoms with van der Waals surface area (Å²) in [5.41, 5.74) is 6.94. The van der Waals surface area contributed by atoms with Crippen LogP contribution in [0.25, 0.3) is 0 Å². The van der Waals surface area contributed by atoms with Gasteiger partial charge >= 0.3 is 0 Å². The molecule has 3 N–H and O–H groups in total. The second-order valence-electron chi connectivity index (χ2n) is 4.29. The number of benzene rings is 1. The topological polar surface area (TPSA) is 72.2 Å². The molecule has 1 aromatic carbocycles. The van der Waals surface area contributed by atoms with Gasteiger partial charge in [0.2, 0.25) is 10.0 Å². The number of hydrogen-bond acceptors (Lipinski definition) is 3. The van der Waals surface area contributed by atoms with E-state index in [1.807, 2.05) is 0 Å². The van der Waals surface area contributed by atoms with Gasteiger partial charge in [-0.25, -0.2) is 13.1 Å². The quantitative estimate of drug-likeness (QED) is 0.757. The summed E-state index contributed by atoms with van der Waals surface area (Å²) in [6.07, 6.45) is 2.29. The summed E-state index contributed by atoms with van der Waals surface area (Å²) >= 11 is 0. The van der Waals surface area contributed by atoms with E-state index in [1.54, 1.807) is 24.3 Å². The molecule has 4 nitrogen and oxygen atoms in total. The maximum absolute atomic E-state index is 11.7. The molecule has 1 fully saturated rings. The lowest BCUT2D eigenvalue weighted by Crippen LogP contribution is -2.27. The Morgan fingerprint density at radius 1 is 1.25 bits per heavy atom. The molecule has 1 aliphatic carbocycles. The zero-order chi connectivity index (χ0) is 11.6. The molecule has 0 atom stereocenters. The molecule has 88 valence electrons. The average Bonchev–Trinajstić information content (AvgIpc) is 3.02. The van der Waals surface area contributed by atoms with E-state index in [0.717, 1.165) is 18.4 Å². The van der Waals surface area contributed by atoms with Crippen LogP contribution in [0.4, 0.5) is 5.69 Å². The average molecular weight is 240 g/mol. The molecule has 0 aliphatic heterocycles. The van der Waals surface area contributed by atoms with Crippen LogP contribution < -0.4 is 10.5 Å². The first-order valence-corrected chi connectivity index (χ1v) is 7.02. The highest BCUT2D eigenvalue weighted by Gasteiger charge is 2.23. The van der Waals surface area contributed by atoms with Gasteiger partial charge in [-0.15, -0.1) is 0 Å². The summed E-state index contributed by atoms with van der Waals surface area (Å²) in [7, 11) is -3.19. The third-order valence-electron chi connectivity index (χ3n) is 2.63. The molecule has 0 saturated heterocycles. The highest BCUT2D eigenvalue weighted by atomic mass is 32.2. The predicted molar refractivity (Wildman–Crippen MR) is 64.2 cm³/mol. The second-order valence-corrected chi connectivity index (χ2v) is 6.10. The molecule has 2 rings (SSSR count). The number of anilines is 1. The van der Waals surface area contributed by atoms with Crippen molar-refractivity contribution in [1.82, 2.24) is 4.72 Å². The van der Waals surface area contributed by atoms with Crippen molar-refractivity contribution in [3.8, 4) is 0 Å². The first-order valence-electron chi connectivity index (χ1n) is 5.37. The molecule has 5 heteroatoms. The Kier molecular flexibility index (Phi) is 3.16. The van der Waals surface area contributed by atoms with Crippen LogP contribution in [0.2, 0.25) is 0 Å². The molecule has 0 unspecified atom stereocenters. The Labute approximate surface area is 95.9 Å². The molecule has 0 radical (unpaired) electrons. The van der Waals surface area contributed by atoms with Crippen LogP contribution in [-0.2, 0) is 15.8 Å². The fourth-order valence-electron chi connectivity index (χ4n) is 1.45. The molecule has 16 heavy (non-hydrogen) atoms. The second kappa shape index (κ2) is 4.43. The summed E-state index contributed by atoms with van der Waals surface area (Å²) in [5.74, 6) is 0.584. The fraction of sp³-hybridized carbons (Fsp3) is 0.455. The maximum Gasteiger partial charge on any atom is 0.215 e. The van der Waals surface area contributed by atoms with Crippen molar-refractivity contribution in [3.05, 3.63) is 29.8 Å². The standard InChI is InChI=1S/C11H16N2O2S/c12-11-5-3-10(4-6-11)8-16(14,15)13-7-9-1-2-9/h3-6,9,13H,1-2,7-8,12H2. The molecular formula is C11H16N2O2S. The van der Waals surface area contributed by atoms with Crippen LogP contribution in [0.5, 0.6) is 0 Å². The Morgan fingerprint density at radius 2 is 1.88 bits per heavy atom. The zero-order valence-electron chi connectivity index (χ0n) is 9.02. The molecule has 0 aromatic heterocycles. The van der Waals surface area contributed by atoms with E-state index in [0.29, 0.717) is 18.2 Å². The lowest BCUT2D eigenvalue weighted by atomic mass is 10.2. The number of hydrogen-bond donors (Lipinski definition) is 2. The molecule has 0 amide bonds. The van der Waals surface area contributed by atoms with Gasteiger partial charge in [0.15, 0.2) is 0 Å². The molecule has 1 aliphatic rings. The van der Waals surface area contributed by atoms with Crippen LogP contribution in [0.1, 0.15) is 18.4 Å². The largest absolute Gasteiger partial charge is 0.399 e. The predicted octanol–water partition coefficient (Wildman–Crippen LogP) is 1.10. The van der Waals surface area contributed by atoms with Crippen molar-refractivity contribution in [3.63, 3.8) is 0 Å². The van der Waals surface area contributed by atoms with Gasteiger partial charge in [0.05, 0.1) is 5.75 Å². The minimum Gasteiger partial charge on any atom is -0.399 e. The summed E-state index contributed by atoms with van der Waals surface area (Å²) in [4.78, 5) is 0. The number of nitrogens with one attached hydrogen (secondary N) is 1. The van der Waals surface area contributed by atoms with Crippen molar-refractivity contribution in [2.24, 2.45) is 5.92 Å². The number of rotatable bonds is 5. The van der Waals surface area contributed by atoms with Crippen LogP contribution in [0.3, 0.4) is 0 Å². The zero-order valence-corrected chi connectivity index (χ0v) is 9.83. The molecule has 1 saturated carbocycles. The minimum absolute atomic E-state index is 0.0278. The van der Waals surface area contributed by atoms with Gasteiger partial charge in [0.25, 0.3) is 0 Å². The molecular weight excluding hydrogens is 224 g/mol. The SMILES string of the molecule is Nc1ccc(CS(=O)(=O)NCC2CC2)cc1. The summed E-state index contributed by atoms with van der Waals surface area (Å²) in [6.45, 7) is 0.581. The van der Waals surface area contributed by atoms with Crippen molar-refractivity contribution in [2.45, 2.75) is 18.6 Å². The molecule has 0 heterocycles. The van der Waals surface area contributed by atoms with E-state index < -0.39 is 10.0 Å². The minimum atomic E-state index is -3.19. The Balaban J connectivity index is 1.93. The fourth-order valence-corrected chi connectivity index (χ4v) is 2.67. The summed E-state index contributed by atoms with van der Waals surface area (Å²) in [6, 6.07) is 6.91. The van der Waals surface area contributed by atoms with E-state index >= 15 is 0 Å². The van der Waals surface area contributed by atoms with Gasteiger partial charge in [-0.3, -0.25) is 0 Å². The van der Waals surface area contributed by atoms with E-state index in [2.05, 4.69) is 4.72 Å². The van der Waals surface area contributed by atoms with Gasteiger partial charge in [-0.1, -0.05) is 12.1 Å². The first-order chi connectivity index (χ1) is 7.55. The Hall–Kier alpha value is -1.07. The van der Waals surface area contributed by atoms with E-state index in [1.165, 1.54) is 0 Å². The van der Waals surface area contributed by atoms with Crippen LogP contribution >= 0.6 is 0 Å². The third-order valence-corrected chi connectivity index (χ3v) is 3.95. The van der Waals surface area contributed by atoms with E-state index in [9.17, 15) is 8.42 Å². The smallest absolute Gasteiger partial charge is 0.215 e. The first kappa shape index (κ1) is 11.4. The van der Waals surface area contributed by atoms with Gasteiger partial charge in [0.1, 0.15) is 0 Å². The highest BCUT2D eigenvalue weighted by molar-refractivity contribution is 7.88. The number of nitrogen functional groups attached to an aromatic ring is 1. The maximum atomic E-state index is 11.7. The number of nitrogens with two attached hydrogens (primary N) is 1. The lowest BCUT2D eigenvalue weighted by molar-refractivity contribution is 0.576. The monoisotopic (exact) mass is 240 g/mol. The van der Waals surface area contributed by atoms with Crippen LogP contribution in [-0.4, -0.2) is 15.0 Å². The van der Waals surface area contributed by atoms with Gasteiger partial charge in [-0.05, 0) is 36.5 Å². The van der Waals surface area contributed by atoms with Crippen molar-refractivity contribution < 1.29 is 8.42 Å². The van der Waals surface area contributed by atoms with Gasteiger partial charge < -0.3 is 5.73 Å². The normalized spacial score (nSPS) is 16.2. The third kappa shape index (κ3) is 3.50. The van der Waals surface area contributed by atoms with Crippen molar-refractivity contribution >= 4 is 15.7 Å². The van der Waals surface area contributed by atoms with Crippen LogP contribution in [0.15, 0.2) is 24.3 Å².